The monoisotopic (exact) mass is 301 g/mol. The number of likely N-dealkylation sites (tertiary alicyclic amines) is 1. The molecule has 1 atom stereocenters. The fraction of sp³-hybridized carbons (Fsp3) is 0.467. The van der Waals surface area contributed by atoms with Crippen molar-refractivity contribution in [1.82, 2.24) is 20.0 Å². The Hall–Kier alpha value is -2.44. The number of nitrogens with one attached hydrogen (secondary N) is 1. The second-order valence-corrected chi connectivity index (χ2v) is 5.34. The molecule has 0 aliphatic carbocycles. The molecule has 7 nitrogen and oxygen atoms in total. The van der Waals surface area contributed by atoms with Gasteiger partial charge in [0.2, 0.25) is 6.39 Å². The highest BCUT2D eigenvalue weighted by Crippen LogP contribution is 2.29. The summed E-state index contributed by atoms with van der Waals surface area (Å²) in [6, 6.07) is 3.46. The van der Waals surface area contributed by atoms with Gasteiger partial charge in [0.15, 0.2) is 5.82 Å². The first-order chi connectivity index (χ1) is 10.8. The molecule has 1 N–H and O–H groups in total. The zero-order valence-corrected chi connectivity index (χ0v) is 12.5. The summed E-state index contributed by atoms with van der Waals surface area (Å²) in [6.45, 7) is 0.700. The molecule has 1 fully saturated rings. The molecule has 0 radical (unpaired) electrons. The van der Waals surface area contributed by atoms with Crippen LogP contribution in [0.1, 0.15) is 47.9 Å². The molecule has 1 amide bonds. The molecule has 7 heteroatoms. The van der Waals surface area contributed by atoms with Crippen LogP contribution in [0, 0.1) is 0 Å². The molecule has 0 saturated carbocycles. The van der Waals surface area contributed by atoms with Crippen LogP contribution >= 0.6 is 0 Å². The second kappa shape index (κ2) is 6.55. The number of carbonyl (C=O) groups excluding carboxylic acids is 1. The van der Waals surface area contributed by atoms with Crippen molar-refractivity contribution in [3.63, 3.8) is 0 Å². The van der Waals surface area contributed by atoms with E-state index in [-0.39, 0.29) is 11.9 Å². The van der Waals surface area contributed by atoms with Crippen molar-refractivity contribution in [2.24, 2.45) is 0 Å². The fourth-order valence-corrected chi connectivity index (χ4v) is 2.78. The lowest BCUT2D eigenvalue weighted by Crippen LogP contribution is -2.35. The van der Waals surface area contributed by atoms with Crippen molar-refractivity contribution in [2.75, 3.05) is 18.9 Å². The number of carbonyl (C=O) groups is 1. The quantitative estimate of drug-likeness (QED) is 0.936. The van der Waals surface area contributed by atoms with Gasteiger partial charge in [0.1, 0.15) is 5.82 Å². The first-order valence-electron chi connectivity index (χ1n) is 7.50. The van der Waals surface area contributed by atoms with E-state index in [0.29, 0.717) is 17.9 Å². The van der Waals surface area contributed by atoms with Gasteiger partial charge in [0.05, 0.1) is 11.6 Å². The number of hydrogen-bond donors (Lipinski definition) is 1. The lowest BCUT2D eigenvalue weighted by molar-refractivity contribution is 0.0670. The van der Waals surface area contributed by atoms with E-state index in [1.807, 2.05) is 4.90 Å². The molecule has 0 bridgehead atoms. The molecule has 22 heavy (non-hydrogen) atoms. The summed E-state index contributed by atoms with van der Waals surface area (Å²) in [6.07, 6.45) is 6.92. The van der Waals surface area contributed by atoms with Crippen LogP contribution in [-0.2, 0) is 0 Å². The first kappa shape index (κ1) is 14.5. The minimum Gasteiger partial charge on any atom is -0.373 e. The summed E-state index contributed by atoms with van der Waals surface area (Å²) in [5, 5.41) is 6.88. The van der Waals surface area contributed by atoms with Crippen molar-refractivity contribution >= 4 is 11.7 Å². The molecule has 0 spiro atoms. The van der Waals surface area contributed by atoms with Gasteiger partial charge in [-0.2, -0.15) is 4.98 Å². The maximum atomic E-state index is 12.8. The Kier molecular flexibility index (Phi) is 4.32. The van der Waals surface area contributed by atoms with Crippen molar-refractivity contribution < 1.29 is 9.32 Å². The van der Waals surface area contributed by atoms with E-state index >= 15 is 0 Å². The van der Waals surface area contributed by atoms with Crippen LogP contribution in [0.15, 0.2) is 29.2 Å². The zero-order valence-electron chi connectivity index (χ0n) is 12.5. The van der Waals surface area contributed by atoms with Gasteiger partial charge in [-0.3, -0.25) is 4.79 Å². The van der Waals surface area contributed by atoms with Gasteiger partial charge in [0, 0.05) is 19.8 Å². The molecular formula is C15H19N5O2. The molecule has 1 unspecified atom stereocenters. The minimum atomic E-state index is -0.127. The average molecular weight is 301 g/mol. The van der Waals surface area contributed by atoms with Crippen LogP contribution in [0.2, 0.25) is 0 Å². The predicted molar refractivity (Wildman–Crippen MR) is 80.3 cm³/mol. The zero-order chi connectivity index (χ0) is 15.4. The third kappa shape index (κ3) is 2.93. The van der Waals surface area contributed by atoms with Crippen molar-refractivity contribution in [3.8, 4) is 0 Å². The topological polar surface area (TPSA) is 84.2 Å². The van der Waals surface area contributed by atoms with Gasteiger partial charge in [-0.1, -0.05) is 18.0 Å². The van der Waals surface area contributed by atoms with Gasteiger partial charge in [-0.05, 0) is 25.0 Å². The minimum absolute atomic E-state index is 0.0353. The number of anilines is 1. The van der Waals surface area contributed by atoms with Gasteiger partial charge in [-0.25, -0.2) is 4.98 Å². The van der Waals surface area contributed by atoms with E-state index in [2.05, 4.69) is 20.4 Å². The van der Waals surface area contributed by atoms with Gasteiger partial charge in [0.25, 0.3) is 5.91 Å². The molecule has 1 saturated heterocycles. The molecular weight excluding hydrogens is 282 g/mol. The van der Waals surface area contributed by atoms with Crippen LogP contribution in [0.4, 0.5) is 5.82 Å². The highest BCUT2D eigenvalue weighted by Gasteiger charge is 2.30. The molecule has 2 aromatic rings. The Balaban J connectivity index is 1.86. The highest BCUT2D eigenvalue weighted by molar-refractivity contribution is 5.94. The van der Waals surface area contributed by atoms with E-state index in [0.717, 1.165) is 31.5 Å². The van der Waals surface area contributed by atoms with Crippen LogP contribution in [0.5, 0.6) is 0 Å². The molecule has 0 aromatic carbocycles. The van der Waals surface area contributed by atoms with Crippen LogP contribution in [-0.4, -0.2) is 39.5 Å². The van der Waals surface area contributed by atoms with Crippen molar-refractivity contribution in [3.05, 3.63) is 36.1 Å². The van der Waals surface area contributed by atoms with E-state index in [1.54, 1.807) is 25.4 Å². The van der Waals surface area contributed by atoms with E-state index in [4.69, 9.17) is 4.52 Å². The Bertz CT molecular complexity index is 611. The molecule has 3 rings (SSSR count). The van der Waals surface area contributed by atoms with Crippen LogP contribution in [0.3, 0.4) is 0 Å². The van der Waals surface area contributed by atoms with Gasteiger partial charge >= 0.3 is 0 Å². The maximum Gasteiger partial charge on any atom is 0.256 e. The van der Waals surface area contributed by atoms with Gasteiger partial charge < -0.3 is 14.7 Å². The summed E-state index contributed by atoms with van der Waals surface area (Å²) in [5.41, 5.74) is 0.578. The fourth-order valence-electron chi connectivity index (χ4n) is 2.78. The van der Waals surface area contributed by atoms with E-state index < -0.39 is 0 Å². The molecule has 3 heterocycles. The summed E-state index contributed by atoms with van der Waals surface area (Å²) in [7, 11) is 1.80. The maximum absolute atomic E-state index is 12.8. The number of hydrogen-bond acceptors (Lipinski definition) is 6. The Labute approximate surface area is 128 Å². The number of rotatable bonds is 3. The largest absolute Gasteiger partial charge is 0.373 e. The standard InChI is InChI=1S/C15H19N5O2/c1-16-13-7-6-11(9-17-13)15(21)20-8-4-2-3-5-12(20)14-18-10-22-19-14/h6-7,9-10,12H,2-5,8H2,1H3,(H,16,17). The Morgan fingerprint density at radius 3 is 2.91 bits per heavy atom. The van der Waals surface area contributed by atoms with Gasteiger partial charge in [-0.15, -0.1) is 0 Å². The summed E-state index contributed by atoms with van der Waals surface area (Å²) in [5.74, 6) is 1.28. The van der Waals surface area contributed by atoms with E-state index in [9.17, 15) is 4.79 Å². The average Bonchev–Trinajstić information content (AvgIpc) is 2.99. The first-order valence-corrected chi connectivity index (χ1v) is 7.50. The lowest BCUT2D eigenvalue weighted by Gasteiger charge is -2.27. The van der Waals surface area contributed by atoms with Crippen LogP contribution in [0.25, 0.3) is 0 Å². The van der Waals surface area contributed by atoms with Crippen molar-refractivity contribution in [1.29, 1.82) is 0 Å². The molecule has 2 aromatic heterocycles. The Morgan fingerprint density at radius 2 is 2.23 bits per heavy atom. The summed E-state index contributed by atoms with van der Waals surface area (Å²) >= 11 is 0. The van der Waals surface area contributed by atoms with E-state index in [1.165, 1.54) is 6.39 Å². The predicted octanol–water partition coefficient (Wildman–Crippen LogP) is 2.26. The third-order valence-electron chi connectivity index (χ3n) is 3.96. The third-order valence-corrected chi connectivity index (χ3v) is 3.96. The number of pyridine rings is 1. The summed E-state index contributed by atoms with van der Waals surface area (Å²) in [4.78, 5) is 23.0. The number of nitrogens with zero attached hydrogens (tertiary/aromatic N) is 4. The Morgan fingerprint density at radius 1 is 1.32 bits per heavy atom. The summed E-state index contributed by atoms with van der Waals surface area (Å²) < 4.78 is 4.85. The lowest BCUT2D eigenvalue weighted by atomic mass is 10.1. The molecule has 116 valence electrons. The van der Waals surface area contributed by atoms with Crippen molar-refractivity contribution in [2.45, 2.75) is 31.7 Å². The highest BCUT2D eigenvalue weighted by atomic mass is 16.5. The smallest absolute Gasteiger partial charge is 0.256 e. The normalized spacial score (nSPS) is 18.8. The number of aromatic nitrogens is 3. The molecule has 1 aliphatic rings. The molecule has 1 aliphatic heterocycles. The SMILES string of the molecule is CNc1ccc(C(=O)N2CCCCCC2c2ncon2)cn1. The number of amides is 1. The van der Waals surface area contributed by atoms with Crippen LogP contribution < -0.4 is 5.32 Å². The second-order valence-electron chi connectivity index (χ2n) is 5.34.